The second-order valence-corrected chi connectivity index (χ2v) is 6.90. The third-order valence-electron chi connectivity index (χ3n) is 4.73. The number of anilines is 1. The smallest absolute Gasteiger partial charge is 0.312 e. The molecule has 3 aliphatic rings. The van der Waals surface area contributed by atoms with E-state index in [1.165, 1.54) is 11.3 Å². The van der Waals surface area contributed by atoms with Crippen molar-refractivity contribution in [3.63, 3.8) is 0 Å². The summed E-state index contributed by atoms with van der Waals surface area (Å²) in [7, 11) is 0. The molecule has 1 saturated heterocycles. The second kappa shape index (κ2) is 4.70. The van der Waals surface area contributed by atoms with Crippen LogP contribution >= 0.6 is 11.3 Å². The van der Waals surface area contributed by atoms with Gasteiger partial charge in [0.15, 0.2) is 5.13 Å². The second-order valence-electron chi connectivity index (χ2n) is 5.84. The molecule has 1 aliphatic heterocycles. The lowest BCUT2D eigenvalue weighted by Gasteiger charge is -2.37. The maximum atomic E-state index is 11.3. The topological polar surface area (TPSA) is 62.7 Å². The van der Waals surface area contributed by atoms with Crippen LogP contribution in [0.4, 0.5) is 5.13 Å². The zero-order chi connectivity index (χ0) is 13.7. The van der Waals surface area contributed by atoms with Gasteiger partial charge in [0.25, 0.3) is 0 Å². The molecule has 20 heavy (non-hydrogen) atoms. The predicted molar refractivity (Wildman–Crippen MR) is 75.5 cm³/mol. The molecule has 1 saturated carbocycles. The van der Waals surface area contributed by atoms with Crippen molar-refractivity contribution in [2.45, 2.75) is 50.2 Å². The van der Waals surface area contributed by atoms with Crippen LogP contribution in [-0.4, -0.2) is 41.4 Å². The quantitative estimate of drug-likeness (QED) is 0.904. The Morgan fingerprint density at radius 3 is 3.15 bits per heavy atom. The molecule has 0 amide bonds. The van der Waals surface area contributed by atoms with Crippen LogP contribution < -0.4 is 4.90 Å². The molecule has 1 N–H and O–H groups in total. The van der Waals surface area contributed by atoms with Crippen molar-refractivity contribution in [2.75, 3.05) is 18.1 Å². The molecule has 2 heterocycles. The van der Waals surface area contributed by atoms with Gasteiger partial charge < -0.3 is 14.7 Å². The highest BCUT2D eigenvalue weighted by molar-refractivity contribution is 7.15. The molecular weight excluding hydrogens is 276 g/mol. The van der Waals surface area contributed by atoms with Gasteiger partial charge in [-0.15, -0.1) is 11.3 Å². The fourth-order valence-corrected chi connectivity index (χ4v) is 4.96. The average molecular weight is 294 g/mol. The molecule has 0 spiro atoms. The van der Waals surface area contributed by atoms with Crippen LogP contribution in [0.15, 0.2) is 0 Å². The number of rotatable bonds is 2. The molecule has 0 radical (unpaired) electrons. The van der Waals surface area contributed by atoms with Crippen molar-refractivity contribution in [3.05, 3.63) is 10.6 Å². The number of aryl methyl sites for hydroxylation is 1. The number of ether oxygens (including phenoxy) is 1. The summed E-state index contributed by atoms with van der Waals surface area (Å²) in [6, 6.07) is 0.443. The Kier molecular flexibility index (Phi) is 2.96. The molecular formula is C14H18N2O3S. The number of nitrogens with zero attached hydrogens (tertiary/aromatic N) is 2. The van der Waals surface area contributed by atoms with Crippen LogP contribution in [0.1, 0.15) is 42.2 Å². The van der Waals surface area contributed by atoms with Crippen LogP contribution in [0.2, 0.25) is 0 Å². The molecule has 1 aromatic heterocycles. The number of aromatic nitrogens is 1. The van der Waals surface area contributed by atoms with Gasteiger partial charge in [0.05, 0.1) is 24.4 Å². The van der Waals surface area contributed by atoms with Crippen molar-refractivity contribution >= 4 is 22.4 Å². The van der Waals surface area contributed by atoms with E-state index in [1.807, 2.05) is 0 Å². The van der Waals surface area contributed by atoms with Crippen LogP contribution in [-0.2, 0) is 16.0 Å². The number of hydrogen-bond acceptors (Lipinski definition) is 5. The monoisotopic (exact) mass is 294 g/mol. The highest BCUT2D eigenvalue weighted by Gasteiger charge is 2.39. The molecule has 0 aromatic carbocycles. The van der Waals surface area contributed by atoms with Crippen molar-refractivity contribution in [1.29, 1.82) is 0 Å². The van der Waals surface area contributed by atoms with E-state index in [-0.39, 0.29) is 0 Å². The number of carbonyl (C=O) groups is 1. The number of fused-ring (bicyclic) bond motifs is 2. The van der Waals surface area contributed by atoms with Gasteiger partial charge in [-0.3, -0.25) is 4.79 Å². The van der Waals surface area contributed by atoms with Gasteiger partial charge in [-0.25, -0.2) is 4.98 Å². The lowest BCUT2D eigenvalue weighted by Crippen LogP contribution is -2.48. The summed E-state index contributed by atoms with van der Waals surface area (Å²) in [4.78, 5) is 19.5. The Balaban J connectivity index is 1.63. The summed E-state index contributed by atoms with van der Waals surface area (Å²) in [6.07, 6.45) is 5.44. The van der Waals surface area contributed by atoms with E-state index in [2.05, 4.69) is 9.88 Å². The average Bonchev–Trinajstić information content (AvgIpc) is 3.11. The number of morpholine rings is 1. The summed E-state index contributed by atoms with van der Waals surface area (Å²) < 4.78 is 5.83. The van der Waals surface area contributed by atoms with Crippen LogP contribution in [0.3, 0.4) is 0 Å². The molecule has 5 nitrogen and oxygen atoms in total. The lowest BCUT2D eigenvalue weighted by molar-refractivity contribution is -0.138. The Morgan fingerprint density at radius 1 is 1.40 bits per heavy atom. The molecule has 3 atom stereocenters. The van der Waals surface area contributed by atoms with E-state index < -0.39 is 11.9 Å². The number of carboxylic acids is 1. The van der Waals surface area contributed by atoms with Crippen LogP contribution in [0, 0.1) is 0 Å². The van der Waals surface area contributed by atoms with E-state index in [0.717, 1.165) is 43.2 Å². The van der Waals surface area contributed by atoms with Crippen LogP contribution in [0.5, 0.6) is 0 Å². The van der Waals surface area contributed by atoms with Gasteiger partial charge in [0.2, 0.25) is 0 Å². The van der Waals surface area contributed by atoms with Crippen molar-refractivity contribution in [3.8, 4) is 0 Å². The molecule has 1 aromatic rings. The Labute approximate surface area is 121 Å². The fourth-order valence-electron chi connectivity index (χ4n) is 3.74. The zero-order valence-corrected chi connectivity index (χ0v) is 12.1. The normalized spacial score (nSPS) is 32.2. The standard InChI is InChI=1S/C14H18N2O3S/c17-13(18)8-4-5-11-12(8)15-14(20-11)16-6-7-19-10-3-1-2-9(10)16/h8-10H,1-7H2,(H,17,18). The van der Waals surface area contributed by atoms with Crippen molar-refractivity contribution < 1.29 is 14.6 Å². The SMILES string of the molecule is O=C(O)C1CCc2sc(N3CCOC4CCCC43)nc21. The van der Waals surface area contributed by atoms with Gasteiger partial charge >= 0.3 is 5.97 Å². The minimum atomic E-state index is -0.735. The van der Waals surface area contributed by atoms with E-state index in [4.69, 9.17) is 4.74 Å². The summed E-state index contributed by atoms with van der Waals surface area (Å²) >= 11 is 1.69. The largest absolute Gasteiger partial charge is 0.481 e. The van der Waals surface area contributed by atoms with Crippen LogP contribution in [0.25, 0.3) is 0 Å². The molecule has 2 fully saturated rings. The summed E-state index contributed by atoms with van der Waals surface area (Å²) in [5, 5.41) is 10.3. The number of aliphatic carboxylic acids is 1. The Bertz CT molecular complexity index is 545. The minimum Gasteiger partial charge on any atom is -0.481 e. The maximum Gasteiger partial charge on any atom is 0.312 e. The minimum absolute atomic E-state index is 0.345. The van der Waals surface area contributed by atoms with E-state index >= 15 is 0 Å². The molecule has 0 bridgehead atoms. The molecule has 3 unspecified atom stereocenters. The number of thiazole rings is 1. The van der Waals surface area contributed by atoms with Gasteiger partial charge in [0, 0.05) is 11.4 Å². The lowest BCUT2D eigenvalue weighted by atomic mass is 10.1. The van der Waals surface area contributed by atoms with Gasteiger partial charge in [0.1, 0.15) is 5.92 Å². The van der Waals surface area contributed by atoms with Gasteiger partial charge in [-0.2, -0.15) is 0 Å². The first-order chi connectivity index (χ1) is 9.74. The van der Waals surface area contributed by atoms with Gasteiger partial charge in [-0.05, 0) is 32.1 Å². The Hall–Kier alpha value is -1.14. The molecule has 6 heteroatoms. The Morgan fingerprint density at radius 2 is 2.30 bits per heavy atom. The number of hydrogen-bond donors (Lipinski definition) is 1. The first-order valence-corrected chi connectivity index (χ1v) is 8.16. The summed E-state index contributed by atoms with van der Waals surface area (Å²) in [6.45, 7) is 1.64. The summed E-state index contributed by atoms with van der Waals surface area (Å²) in [5.74, 6) is -1.13. The third kappa shape index (κ3) is 1.85. The first-order valence-electron chi connectivity index (χ1n) is 7.34. The van der Waals surface area contributed by atoms with E-state index in [1.54, 1.807) is 11.3 Å². The van der Waals surface area contributed by atoms with Crippen molar-refractivity contribution in [2.24, 2.45) is 0 Å². The summed E-state index contributed by atoms with van der Waals surface area (Å²) in [5.41, 5.74) is 0.818. The first kappa shape index (κ1) is 12.6. The van der Waals surface area contributed by atoms with E-state index in [0.29, 0.717) is 18.6 Å². The maximum absolute atomic E-state index is 11.3. The number of carboxylic acid groups (broad SMARTS) is 1. The molecule has 108 valence electrons. The molecule has 2 aliphatic carbocycles. The highest BCUT2D eigenvalue weighted by Crippen LogP contribution is 2.42. The predicted octanol–water partition coefficient (Wildman–Crippen LogP) is 2.02. The zero-order valence-electron chi connectivity index (χ0n) is 11.2. The van der Waals surface area contributed by atoms with Crippen molar-refractivity contribution in [1.82, 2.24) is 4.98 Å². The molecule has 4 rings (SSSR count). The van der Waals surface area contributed by atoms with Gasteiger partial charge in [-0.1, -0.05) is 0 Å². The third-order valence-corrected chi connectivity index (χ3v) is 5.90. The highest BCUT2D eigenvalue weighted by atomic mass is 32.1. The van der Waals surface area contributed by atoms with E-state index in [9.17, 15) is 9.90 Å². The fraction of sp³-hybridized carbons (Fsp3) is 0.714.